The Morgan fingerprint density at radius 1 is 1.33 bits per heavy atom. The Balaban J connectivity index is 1.97. The molecule has 0 aliphatic carbocycles. The van der Waals surface area contributed by atoms with Crippen LogP contribution in [0.15, 0.2) is 0 Å². The van der Waals surface area contributed by atoms with E-state index < -0.39 is 12.8 Å². The van der Waals surface area contributed by atoms with Gasteiger partial charge in [0.05, 0.1) is 19.8 Å². The number of halogens is 3. The summed E-state index contributed by atoms with van der Waals surface area (Å²) in [5.74, 6) is 0. The van der Waals surface area contributed by atoms with E-state index in [0.29, 0.717) is 6.54 Å². The van der Waals surface area contributed by atoms with Gasteiger partial charge in [-0.1, -0.05) is 0 Å². The summed E-state index contributed by atoms with van der Waals surface area (Å²) in [6, 6.07) is 0.234. The van der Waals surface area contributed by atoms with Crippen molar-refractivity contribution in [2.24, 2.45) is 0 Å². The molecule has 1 rings (SSSR count). The quantitative estimate of drug-likeness (QED) is 0.696. The first kappa shape index (κ1) is 15.7. The molecule has 108 valence electrons. The van der Waals surface area contributed by atoms with E-state index >= 15 is 0 Å². The molecule has 0 spiro atoms. The first-order chi connectivity index (χ1) is 8.47. The van der Waals surface area contributed by atoms with Gasteiger partial charge in [-0.05, 0) is 6.92 Å². The zero-order valence-electron chi connectivity index (χ0n) is 10.6. The maximum Gasteiger partial charge on any atom is 0.411 e. The Labute approximate surface area is 105 Å². The van der Waals surface area contributed by atoms with E-state index in [4.69, 9.17) is 4.74 Å². The molecule has 0 bridgehead atoms. The fourth-order valence-corrected chi connectivity index (χ4v) is 1.80. The summed E-state index contributed by atoms with van der Waals surface area (Å²) in [5, 5.41) is 3.14. The zero-order valence-corrected chi connectivity index (χ0v) is 10.6. The lowest BCUT2D eigenvalue weighted by molar-refractivity contribution is -0.173. The van der Waals surface area contributed by atoms with E-state index in [0.717, 1.165) is 32.8 Å². The third-order valence-corrected chi connectivity index (χ3v) is 2.64. The monoisotopic (exact) mass is 270 g/mol. The van der Waals surface area contributed by atoms with Crippen LogP contribution in [0.1, 0.15) is 6.92 Å². The average Bonchev–Trinajstić information content (AvgIpc) is 2.28. The number of nitrogens with zero attached hydrogens (tertiary/aromatic N) is 1. The number of ether oxygens (including phenoxy) is 2. The number of hydrogen-bond donors (Lipinski definition) is 1. The van der Waals surface area contributed by atoms with Crippen molar-refractivity contribution in [2.75, 3.05) is 52.6 Å². The number of hydrogen-bond acceptors (Lipinski definition) is 4. The predicted molar refractivity (Wildman–Crippen MR) is 61.6 cm³/mol. The lowest BCUT2D eigenvalue weighted by Gasteiger charge is -2.29. The van der Waals surface area contributed by atoms with Crippen molar-refractivity contribution in [3.05, 3.63) is 0 Å². The molecule has 0 aromatic rings. The second-order valence-corrected chi connectivity index (χ2v) is 4.44. The summed E-state index contributed by atoms with van der Waals surface area (Å²) in [6.45, 7) is 5.55. The van der Waals surface area contributed by atoms with E-state index in [1.807, 2.05) is 6.92 Å². The van der Waals surface area contributed by atoms with Crippen molar-refractivity contribution in [3.8, 4) is 0 Å². The Morgan fingerprint density at radius 2 is 2.00 bits per heavy atom. The number of rotatable bonds is 7. The molecule has 1 N–H and O–H groups in total. The zero-order chi connectivity index (χ0) is 13.4. The maximum atomic E-state index is 11.8. The molecule has 1 aliphatic heterocycles. The van der Waals surface area contributed by atoms with Crippen molar-refractivity contribution in [2.45, 2.75) is 19.1 Å². The highest BCUT2D eigenvalue weighted by atomic mass is 19.4. The molecule has 1 heterocycles. The van der Waals surface area contributed by atoms with Crippen molar-refractivity contribution in [3.63, 3.8) is 0 Å². The van der Waals surface area contributed by atoms with Crippen LogP contribution < -0.4 is 5.32 Å². The van der Waals surface area contributed by atoms with E-state index in [1.165, 1.54) is 0 Å². The largest absolute Gasteiger partial charge is 0.411 e. The fraction of sp³-hybridized carbons (Fsp3) is 1.00. The van der Waals surface area contributed by atoms with Crippen LogP contribution in [0.5, 0.6) is 0 Å². The SMILES string of the molecule is CC(CN1CCOCC1)NCCOCC(F)(F)F. The summed E-state index contributed by atoms with van der Waals surface area (Å²) in [5.41, 5.74) is 0. The molecule has 1 fully saturated rings. The van der Waals surface area contributed by atoms with Gasteiger partial charge in [0.2, 0.25) is 0 Å². The molecule has 1 unspecified atom stereocenters. The number of morpholine rings is 1. The van der Waals surface area contributed by atoms with Gasteiger partial charge in [-0.15, -0.1) is 0 Å². The van der Waals surface area contributed by atoms with Gasteiger partial charge >= 0.3 is 6.18 Å². The van der Waals surface area contributed by atoms with Gasteiger partial charge in [0.25, 0.3) is 0 Å². The molecule has 7 heteroatoms. The Kier molecular flexibility index (Phi) is 6.91. The van der Waals surface area contributed by atoms with Crippen molar-refractivity contribution in [1.29, 1.82) is 0 Å². The smallest absolute Gasteiger partial charge is 0.379 e. The summed E-state index contributed by atoms with van der Waals surface area (Å²) >= 11 is 0. The minimum absolute atomic E-state index is 0.0764. The van der Waals surface area contributed by atoms with Gasteiger partial charge in [-0.3, -0.25) is 4.90 Å². The van der Waals surface area contributed by atoms with Crippen LogP contribution in [0.3, 0.4) is 0 Å². The Bertz CT molecular complexity index is 221. The van der Waals surface area contributed by atoms with Crippen molar-refractivity contribution >= 4 is 0 Å². The number of nitrogens with one attached hydrogen (secondary N) is 1. The standard InChI is InChI=1S/C11H21F3N2O2/c1-10(8-16-3-6-17-7-4-16)15-2-5-18-9-11(12,13)14/h10,15H,2-9H2,1H3. The lowest BCUT2D eigenvalue weighted by Crippen LogP contribution is -2.45. The van der Waals surface area contributed by atoms with Gasteiger partial charge in [0.15, 0.2) is 0 Å². The van der Waals surface area contributed by atoms with E-state index in [1.54, 1.807) is 0 Å². The van der Waals surface area contributed by atoms with Crippen molar-refractivity contribution < 1.29 is 22.6 Å². The van der Waals surface area contributed by atoms with Gasteiger partial charge in [0, 0.05) is 32.2 Å². The first-order valence-corrected chi connectivity index (χ1v) is 6.15. The minimum Gasteiger partial charge on any atom is -0.379 e. The molecular weight excluding hydrogens is 249 g/mol. The minimum atomic E-state index is -4.24. The van der Waals surface area contributed by atoms with Crippen LogP contribution in [-0.2, 0) is 9.47 Å². The fourth-order valence-electron chi connectivity index (χ4n) is 1.80. The highest BCUT2D eigenvalue weighted by Gasteiger charge is 2.27. The third-order valence-electron chi connectivity index (χ3n) is 2.64. The summed E-state index contributed by atoms with van der Waals surface area (Å²) in [4.78, 5) is 2.28. The molecule has 18 heavy (non-hydrogen) atoms. The molecule has 0 saturated carbocycles. The van der Waals surface area contributed by atoms with Gasteiger partial charge in [-0.2, -0.15) is 13.2 Å². The average molecular weight is 270 g/mol. The van der Waals surface area contributed by atoms with Crippen LogP contribution in [0.2, 0.25) is 0 Å². The maximum absolute atomic E-state index is 11.8. The van der Waals surface area contributed by atoms with E-state index in [9.17, 15) is 13.2 Å². The Morgan fingerprint density at radius 3 is 2.61 bits per heavy atom. The van der Waals surface area contributed by atoms with Gasteiger partial charge in [0.1, 0.15) is 6.61 Å². The lowest BCUT2D eigenvalue weighted by atomic mass is 10.3. The molecule has 1 aliphatic rings. The normalized spacial score (nSPS) is 20.0. The van der Waals surface area contributed by atoms with Crippen LogP contribution in [0.25, 0.3) is 0 Å². The van der Waals surface area contributed by atoms with E-state index in [-0.39, 0.29) is 12.6 Å². The predicted octanol–water partition coefficient (Wildman–Crippen LogP) is 0.876. The van der Waals surface area contributed by atoms with Crippen molar-refractivity contribution in [1.82, 2.24) is 10.2 Å². The molecule has 1 atom stereocenters. The number of alkyl halides is 3. The highest BCUT2D eigenvalue weighted by molar-refractivity contribution is 4.69. The Hall–Kier alpha value is -0.370. The molecule has 4 nitrogen and oxygen atoms in total. The summed E-state index contributed by atoms with van der Waals surface area (Å²) in [6.07, 6.45) is -4.24. The van der Waals surface area contributed by atoms with Gasteiger partial charge < -0.3 is 14.8 Å². The highest BCUT2D eigenvalue weighted by Crippen LogP contribution is 2.13. The molecule has 0 amide bonds. The van der Waals surface area contributed by atoms with Crippen LogP contribution >= 0.6 is 0 Å². The summed E-state index contributed by atoms with van der Waals surface area (Å²) < 4.78 is 45.1. The van der Waals surface area contributed by atoms with Crippen LogP contribution in [0, 0.1) is 0 Å². The van der Waals surface area contributed by atoms with Gasteiger partial charge in [-0.25, -0.2) is 0 Å². The topological polar surface area (TPSA) is 33.7 Å². The summed E-state index contributed by atoms with van der Waals surface area (Å²) in [7, 11) is 0. The molecule has 0 aromatic carbocycles. The second-order valence-electron chi connectivity index (χ2n) is 4.44. The molecule has 0 radical (unpaired) electrons. The second kappa shape index (κ2) is 7.93. The van der Waals surface area contributed by atoms with E-state index in [2.05, 4.69) is 15.0 Å². The molecule has 0 aromatic heterocycles. The van der Waals surface area contributed by atoms with Crippen LogP contribution in [0.4, 0.5) is 13.2 Å². The first-order valence-electron chi connectivity index (χ1n) is 6.15. The molecular formula is C11H21F3N2O2. The molecule has 1 saturated heterocycles. The van der Waals surface area contributed by atoms with Crippen LogP contribution in [-0.4, -0.2) is 69.7 Å². The third kappa shape index (κ3) is 7.86.